The second-order valence-electron chi connectivity index (χ2n) is 5.52. The first-order valence-electron chi connectivity index (χ1n) is 7.21. The van der Waals surface area contributed by atoms with E-state index in [0.717, 1.165) is 30.6 Å². The van der Waals surface area contributed by atoms with Crippen molar-refractivity contribution in [3.05, 3.63) is 29.8 Å². The summed E-state index contributed by atoms with van der Waals surface area (Å²) in [6, 6.07) is 7.90. The molecule has 4 nitrogen and oxygen atoms in total. The smallest absolute Gasteiger partial charge is 0.324 e. The highest BCUT2D eigenvalue weighted by Crippen LogP contribution is 2.38. The van der Waals surface area contributed by atoms with Crippen LogP contribution >= 0.6 is 0 Å². The predicted octanol–water partition coefficient (Wildman–Crippen LogP) is 2.61. The van der Waals surface area contributed by atoms with Crippen LogP contribution in [-0.2, 0) is 4.79 Å². The lowest BCUT2D eigenvalue weighted by Gasteiger charge is -2.31. The lowest BCUT2D eigenvalue weighted by atomic mass is 9.85. The Hall–Kier alpha value is -1.55. The molecule has 0 heterocycles. The molecule has 1 aliphatic carbocycles. The molecule has 0 bridgehead atoms. The summed E-state index contributed by atoms with van der Waals surface area (Å²) < 4.78 is 5.80. The van der Waals surface area contributed by atoms with Crippen molar-refractivity contribution in [2.45, 2.75) is 38.1 Å². The topological polar surface area (TPSA) is 58.6 Å². The van der Waals surface area contributed by atoms with E-state index in [1.807, 2.05) is 31.2 Å². The van der Waals surface area contributed by atoms with Gasteiger partial charge in [0, 0.05) is 0 Å². The molecule has 1 fully saturated rings. The summed E-state index contributed by atoms with van der Waals surface area (Å²) in [5.74, 6) is 0.281. The van der Waals surface area contributed by atoms with Crippen molar-refractivity contribution < 1.29 is 14.6 Å². The third-order valence-corrected chi connectivity index (χ3v) is 4.47. The highest BCUT2D eigenvalue weighted by Gasteiger charge is 2.47. The molecule has 0 amide bonds. The zero-order valence-corrected chi connectivity index (χ0v) is 12.2. The molecular weight excluding hydrogens is 254 g/mol. The normalized spacial score (nSPS) is 25.6. The molecule has 2 unspecified atom stereocenters. The number of rotatable bonds is 6. The van der Waals surface area contributed by atoms with E-state index < -0.39 is 11.5 Å². The third kappa shape index (κ3) is 2.80. The Morgan fingerprint density at radius 3 is 2.90 bits per heavy atom. The van der Waals surface area contributed by atoms with Gasteiger partial charge in [0.05, 0.1) is 6.61 Å². The summed E-state index contributed by atoms with van der Waals surface area (Å²) in [5, 5.41) is 12.5. The molecule has 110 valence electrons. The van der Waals surface area contributed by atoms with Gasteiger partial charge in [-0.05, 0) is 50.8 Å². The first kappa shape index (κ1) is 14.9. The Bertz CT molecular complexity index is 475. The monoisotopic (exact) mass is 277 g/mol. The maximum Gasteiger partial charge on any atom is 0.324 e. The molecule has 1 saturated carbocycles. The quantitative estimate of drug-likeness (QED) is 0.839. The van der Waals surface area contributed by atoms with Gasteiger partial charge in [0.25, 0.3) is 0 Å². The predicted molar refractivity (Wildman–Crippen MR) is 78.1 cm³/mol. The van der Waals surface area contributed by atoms with Crippen LogP contribution in [0, 0.1) is 12.8 Å². The summed E-state index contributed by atoms with van der Waals surface area (Å²) in [7, 11) is 1.74. The van der Waals surface area contributed by atoms with Gasteiger partial charge in [-0.3, -0.25) is 4.79 Å². The first-order valence-corrected chi connectivity index (χ1v) is 7.21. The van der Waals surface area contributed by atoms with E-state index in [1.54, 1.807) is 7.05 Å². The largest absolute Gasteiger partial charge is 0.493 e. The van der Waals surface area contributed by atoms with E-state index in [9.17, 15) is 9.90 Å². The van der Waals surface area contributed by atoms with E-state index in [0.29, 0.717) is 13.0 Å². The van der Waals surface area contributed by atoms with Gasteiger partial charge in [0.2, 0.25) is 0 Å². The summed E-state index contributed by atoms with van der Waals surface area (Å²) >= 11 is 0. The summed E-state index contributed by atoms with van der Waals surface area (Å²) in [5.41, 5.74) is 0.340. The van der Waals surface area contributed by atoms with Crippen LogP contribution in [0.15, 0.2) is 24.3 Å². The van der Waals surface area contributed by atoms with Crippen LogP contribution in [0.1, 0.15) is 31.2 Å². The molecule has 0 aliphatic heterocycles. The van der Waals surface area contributed by atoms with Crippen molar-refractivity contribution in [2.24, 2.45) is 5.92 Å². The highest BCUT2D eigenvalue weighted by molar-refractivity contribution is 5.79. The van der Waals surface area contributed by atoms with Gasteiger partial charge in [0.15, 0.2) is 0 Å². The molecule has 1 aliphatic rings. The maximum atomic E-state index is 11.5. The van der Waals surface area contributed by atoms with Gasteiger partial charge in [-0.25, -0.2) is 0 Å². The van der Waals surface area contributed by atoms with Crippen molar-refractivity contribution in [3.8, 4) is 5.75 Å². The lowest BCUT2D eigenvalue weighted by molar-refractivity contribution is -0.146. The van der Waals surface area contributed by atoms with Crippen LogP contribution in [0.3, 0.4) is 0 Å². The number of nitrogens with one attached hydrogen (secondary N) is 1. The fourth-order valence-electron chi connectivity index (χ4n) is 3.22. The number of likely N-dealkylation sites (N-methyl/N-ethyl adjacent to an activating group) is 1. The number of carboxylic acids is 1. The van der Waals surface area contributed by atoms with Crippen LogP contribution in [0.4, 0.5) is 0 Å². The number of carbonyl (C=O) groups is 1. The SMILES string of the molecule is CNC1(C(=O)O)CCCC1CCOc1ccccc1C. The molecule has 20 heavy (non-hydrogen) atoms. The Morgan fingerprint density at radius 1 is 1.50 bits per heavy atom. The van der Waals surface area contributed by atoms with Crippen molar-refractivity contribution in [1.82, 2.24) is 5.32 Å². The summed E-state index contributed by atoms with van der Waals surface area (Å²) in [6.45, 7) is 2.58. The van der Waals surface area contributed by atoms with E-state index in [4.69, 9.17) is 4.74 Å². The number of ether oxygens (including phenoxy) is 1. The number of hydrogen-bond donors (Lipinski definition) is 2. The fraction of sp³-hybridized carbons (Fsp3) is 0.562. The number of carboxylic acid groups (broad SMARTS) is 1. The molecular formula is C16H23NO3. The third-order valence-electron chi connectivity index (χ3n) is 4.47. The van der Waals surface area contributed by atoms with Gasteiger partial charge < -0.3 is 15.2 Å². The minimum absolute atomic E-state index is 0.133. The Kier molecular flexibility index (Phi) is 4.65. The average Bonchev–Trinajstić information content (AvgIpc) is 2.85. The van der Waals surface area contributed by atoms with E-state index in [1.165, 1.54) is 0 Å². The van der Waals surface area contributed by atoms with Gasteiger partial charge in [-0.2, -0.15) is 0 Å². The number of benzene rings is 1. The van der Waals surface area contributed by atoms with Gasteiger partial charge in [0.1, 0.15) is 11.3 Å². The number of hydrogen-bond acceptors (Lipinski definition) is 3. The molecule has 0 saturated heterocycles. The summed E-state index contributed by atoms with van der Waals surface area (Å²) in [6.07, 6.45) is 3.38. The van der Waals surface area contributed by atoms with Crippen molar-refractivity contribution in [1.29, 1.82) is 0 Å². The van der Waals surface area contributed by atoms with Crippen LogP contribution in [0.2, 0.25) is 0 Å². The average molecular weight is 277 g/mol. The second kappa shape index (κ2) is 6.27. The molecule has 2 N–H and O–H groups in total. The molecule has 4 heteroatoms. The Balaban J connectivity index is 1.94. The van der Waals surface area contributed by atoms with Gasteiger partial charge in [-0.1, -0.05) is 24.6 Å². The van der Waals surface area contributed by atoms with Gasteiger partial charge >= 0.3 is 5.97 Å². The molecule has 0 radical (unpaired) electrons. The lowest BCUT2D eigenvalue weighted by Crippen LogP contribution is -2.53. The number of aryl methyl sites for hydroxylation is 1. The summed E-state index contributed by atoms with van der Waals surface area (Å²) in [4.78, 5) is 11.5. The van der Waals surface area contributed by atoms with Crippen molar-refractivity contribution in [2.75, 3.05) is 13.7 Å². The van der Waals surface area contributed by atoms with E-state index in [-0.39, 0.29) is 5.92 Å². The van der Waals surface area contributed by atoms with Crippen molar-refractivity contribution in [3.63, 3.8) is 0 Å². The molecule has 0 aromatic heterocycles. The maximum absolute atomic E-state index is 11.5. The van der Waals surface area contributed by atoms with Crippen LogP contribution in [0.5, 0.6) is 5.75 Å². The minimum atomic E-state index is -0.769. The second-order valence-corrected chi connectivity index (χ2v) is 5.52. The molecule has 1 aromatic carbocycles. The number of para-hydroxylation sites is 1. The highest BCUT2D eigenvalue weighted by atomic mass is 16.5. The van der Waals surface area contributed by atoms with Crippen LogP contribution in [0.25, 0.3) is 0 Å². The van der Waals surface area contributed by atoms with E-state index in [2.05, 4.69) is 5.32 Å². The van der Waals surface area contributed by atoms with Crippen molar-refractivity contribution >= 4 is 5.97 Å². The Morgan fingerprint density at radius 2 is 2.25 bits per heavy atom. The zero-order valence-electron chi connectivity index (χ0n) is 12.2. The number of aliphatic carboxylic acids is 1. The molecule has 2 atom stereocenters. The molecule has 1 aromatic rings. The van der Waals surface area contributed by atoms with Gasteiger partial charge in [-0.15, -0.1) is 0 Å². The molecule has 2 rings (SSSR count). The molecule has 0 spiro atoms. The van der Waals surface area contributed by atoms with Crippen LogP contribution < -0.4 is 10.1 Å². The van der Waals surface area contributed by atoms with Crippen LogP contribution in [-0.4, -0.2) is 30.3 Å². The minimum Gasteiger partial charge on any atom is -0.493 e. The first-order chi connectivity index (χ1) is 9.60. The Labute approximate surface area is 120 Å². The zero-order chi connectivity index (χ0) is 14.6. The van der Waals surface area contributed by atoms with E-state index >= 15 is 0 Å². The standard InChI is InChI=1S/C16H23NO3/c1-12-6-3-4-8-14(12)20-11-9-13-7-5-10-16(13,17-2)15(18)19/h3-4,6,8,13,17H,5,7,9-11H2,1-2H3,(H,18,19). The fourth-order valence-corrected chi connectivity index (χ4v) is 3.22.